The van der Waals surface area contributed by atoms with Gasteiger partial charge in [0.15, 0.2) is 11.5 Å². The number of likely N-dealkylation sites (tertiary alicyclic amines) is 1. The number of nitrogens with two attached hydrogens (primary N) is 1. The van der Waals surface area contributed by atoms with Crippen LogP contribution in [-0.2, 0) is 4.79 Å². The number of ether oxygens (including phenoxy) is 2. The van der Waals surface area contributed by atoms with E-state index in [-0.39, 0.29) is 17.9 Å². The number of rotatable bonds is 6. The fourth-order valence-electron chi connectivity index (χ4n) is 2.54. The normalized spacial score (nSPS) is 15.1. The van der Waals surface area contributed by atoms with E-state index in [2.05, 4.69) is 5.32 Å². The van der Waals surface area contributed by atoms with Crippen LogP contribution in [0.4, 0.5) is 4.79 Å². The van der Waals surface area contributed by atoms with E-state index in [1.54, 1.807) is 12.0 Å². The van der Waals surface area contributed by atoms with Crippen LogP contribution < -0.4 is 20.5 Å². The lowest BCUT2D eigenvalue weighted by Crippen LogP contribution is -2.47. The second-order valence-electron chi connectivity index (χ2n) is 5.39. The van der Waals surface area contributed by atoms with Gasteiger partial charge in [-0.15, -0.1) is 0 Å². The molecule has 3 N–H and O–H groups in total. The molecule has 0 radical (unpaired) electrons. The zero-order chi connectivity index (χ0) is 16.7. The lowest BCUT2D eigenvalue weighted by atomic mass is 9.96. The molecule has 3 amide bonds. The van der Waals surface area contributed by atoms with Crippen LogP contribution in [0.3, 0.4) is 0 Å². The number of benzene rings is 1. The first-order valence-electron chi connectivity index (χ1n) is 7.69. The molecule has 0 aromatic heterocycles. The number of methoxy groups -OCH3 is 1. The van der Waals surface area contributed by atoms with Gasteiger partial charge < -0.3 is 25.4 Å². The van der Waals surface area contributed by atoms with Gasteiger partial charge in [-0.1, -0.05) is 12.1 Å². The minimum atomic E-state index is -0.282. The van der Waals surface area contributed by atoms with Crippen molar-refractivity contribution in [2.75, 3.05) is 33.4 Å². The van der Waals surface area contributed by atoms with Gasteiger partial charge in [0.05, 0.1) is 13.7 Å². The van der Waals surface area contributed by atoms with Crippen LogP contribution in [0.25, 0.3) is 0 Å². The van der Waals surface area contributed by atoms with Crippen molar-refractivity contribution in [2.24, 2.45) is 11.7 Å². The molecule has 0 bridgehead atoms. The van der Waals surface area contributed by atoms with Gasteiger partial charge in [0, 0.05) is 19.0 Å². The molecular weight excluding hydrogens is 298 g/mol. The highest BCUT2D eigenvalue weighted by Crippen LogP contribution is 2.25. The first-order chi connectivity index (χ1) is 11.1. The maximum Gasteiger partial charge on any atom is 0.317 e. The lowest BCUT2D eigenvalue weighted by Gasteiger charge is -2.30. The Bertz CT molecular complexity index is 542. The van der Waals surface area contributed by atoms with E-state index in [0.717, 1.165) is 0 Å². The summed E-state index contributed by atoms with van der Waals surface area (Å²) in [4.78, 5) is 24.8. The summed E-state index contributed by atoms with van der Waals surface area (Å²) in [5, 5.41) is 2.81. The molecule has 1 heterocycles. The van der Waals surface area contributed by atoms with Crippen molar-refractivity contribution in [3.63, 3.8) is 0 Å². The predicted molar refractivity (Wildman–Crippen MR) is 85.4 cm³/mol. The Morgan fingerprint density at radius 3 is 2.52 bits per heavy atom. The third-order valence-corrected chi connectivity index (χ3v) is 3.89. The van der Waals surface area contributed by atoms with Crippen LogP contribution >= 0.6 is 0 Å². The lowest BCUT2D eigenvalue weighted by molar-refractivity contribution is -0.123. The summed E-state index contributed by atoms with van der Waals surface area (Å²) < 4.78 is 10.8. The maximum atomic E-state index is 12.0. The highest BCUT2D eigenvalue weighted by Gasteiger charge is 2.25. The van der Waals surface area contributed by atoms with Crippen molar-refractivity contribution in [1.29, 1.82) is 0 Å². The Morgan fingerprint density at radius 2 is 1.91 bits per heavy atom. The van der Waals surface area contributed by atoms with Crippen LogP contribution in [0.1, 0.15) is 12.8 Å². The van der Waals surface area contributed by atoms with Crippen LogP contribution in [-0.4, -0.2) is 50.2 Å². The van der Waals surface area contributed by atoms with Gasteiger partial charge in [0.2, 0.25) is 5.91 Å². The Balaban J connectivity index is 1.68. The minimum Gasteiger partial charge on any atom is -0.493 e. The number of hydrogen-bond acceptors (Lipinski definition) is 4. The van der Waals surface area contributed by atoms with E-state index >= 15 is 0 Å². The van der Waals surface area contributed by atoms with Crippen molar-refractivity contribution in [3.8, 4) is 11.5 Å². The fraction of sp³-hybridized carbons (Fsp3) is 0.500. The number of piperidine rings is 1. The second kappa shape index (κ2) is 8.26. The zero-order valence-corrected chi connectivity index (χ0v) is 13.3. The summed E-state index contributed by atoms with van der Waals surface area (Å²) in [6.45, 7) is 1.84. The van der Waals surface area contributed by atoms with Gasteiger partial charge in [-0.05, 0) is 25.0 Å². The molecule has 7 nitrogen and oxygen atoms in total. The van der Waals surface area contributed by atoms with E-state index in [9.17, 15) is 9.59 Å². The van der Waals surface area contributed by atoms with E-state index in [4.69, 9.17) is 15.2 Å². The number of carbonyl (C=O) groups is 2. The molecule has 0 atom stereocenters. The molecule has 0 saturated carbocycles. The topological polar surface area (TPSA) is 93.9 Å². The van der Waals surface area contributed by atoms with Gasteiger partial charge in [-0.2, -0.15) is 0 Å². The van der Waals surface area contributed by atoms with Gasteiger partial charge in [0.25, 0.3) is 0 Å². The quantitative estimate of drug-likeness (QED) is 0.764. The zero-order valence-electron chi connectivity index (χ0n) is 13.3. The highest BCUT2D eigenvalue weighted by atomic mass is 16.5. The SMILES string of the molecule is COc1ccccc1OCCNC(=O)N1CCC(C(N)=O)CC1. The molecule has 1 aromatic rings. The third-order valence-electron chi connectivity index (χ3n) is 3.89. The van der Waals surface area contributed by atoms with Crippen molar-refractivity contribution in [1.82, 2.24) is 10.2 Å². The van der Waals surface area contributed by atoms with E-state index in [1.165, 1.54) is 0 Å². The molecule has 0 spiro atoms. The smallest absolute Gasteiger partial charge is 0.317 e. The monoisotopic (exact) mass is 321 g/mol. The Morgan fingerprint density at radius 1 is 1.26 bits per heavy atom. The number of amides is 3. The van der Waals surface area contributed by atoms with E-state index in [1.807, 2.05) is 24.3 Å². The minimum absolute atomic E-state index is 0.118. The molecular formula is C16H23N3O4. The van der Waals surface area contributed by atoms with E-state index in [0.29, 0.717) is 50.6 Å². The van der Waals surface area contributed by atoms with Crippen LogP contribution in [0.2, 0.25) is 0 Å². The molecule has 1 aliphatic rings. The average Bonchev–Trinajstić information content (AvgIpc) is 2.59. The molecule has 1 fully saturated rings. The number of urea groups is 1. The second-order valence-corrected chi connectivity index (χ2v) is 5.39. The number of nitrogens with one attached hydrogen (secondary N) is 1. The number of primary amides is 1. The van der Waals surface area contributed by atoms with Gasteiger partial charge in [-0.3, -0.25) is 4.79 Å². The van der Waals surface area contributed by atoms with Gasteiger partial charge in [0.1, 0.15) is 6.61 Å². The Hall–Kier alpha value is -2.44. The standard InChI is InChI=1S/C16H23N3O4/c1-22-13-4-2-3-5-14(13)23-11-8-18-16(21)19-9-6-12(7-10-19)15(17)20/h2-5,12H,6-11H2,1H3,(H2,17,20)(H,18,21). The molecule has 0 aliphatic carbocycles. The molecule has 0 unspecified atom stereocenters. The molecule has 1 aromatic carbocycles. The maximum absolute atomic E-state index is 12.0. The van der Waals surface area contributed by atoms with Crippen molar-refractivity contribution >= 4 is 11.9 Å². The highest BCUT2D eigenvalue weighted by molar-refractivity contribution is 5.78. The van der Waals surface area contributed by atoms with Crippen molar-refractivity contribution < 1.29 is 19.1 Å². The summed E-state index contributed by atoms with van der Waals surface area (Å²) in [6.07, 6.45) is 1.25. The summed E-state index contributed by atoms with van der Waals surface area (Å²) in [5.74, 6) is 0.905. The van der Waals surface area contributed by atoms with Gasteiger partial charge >= 0.3 is 6.03 Å². The Kier molecular flexibility index (Phi) is 6.08. The summed E-state index contributed by atoms with van der Waals surface area (Å²) in [6, 6.07) is 7.21. The number of para-hydroxylation sites is 2. The molecule has 1 saturated heterocycles. The summed E-state index contributed by atoms with van der Waals surface area (Å²) in [7, 11) is 1.58. The summed E-state index contributed by atoms with van der Waals surface area (Å²) in [5.41, 5.74) is 5.28. The Labute approximate surface area is 135 Å². The van der Waals surface area contributed by atoms with Crippen LogP contribution in [0.15, 0.2) is 24.3 Å². The average molecular weight is 321 g/mol. The molecule has 126 valence electrons. The van der Waals surface area contributed by atoms with Crippen LogP contribution in [0.5, 0.6) is 11.5 Å². The first kappa shape index (κ1) is 16.9. The molecule has 7 heteroatoms. The van der Waals surface area contributed by atoms with Crippen molar-refractivity contribution in [2.45, 2.75) is 12.8 Å². The predicted octanol–water partition coefficient (Wildman–Crippen LogP) is 0.981. The molecule has 23 heavy (non-hydrogen) atoms. The number of hydrogen-bond donors (Lipinski definition) is 2. The first-order valence-corrected chi connectivity index (χ1v) is 7.69. The molecule has 2 rings (SSSR count). The third kappa shape index (κ3) is 4.77. The number of nitrogens with zero attached hydrogens (tertiary/aromatic N) is 1. The molecule has 1 aliphatic heterocycles. The fourth-order valence-corrected chi connectivity index (χ4v) is 2.54. The van der Waals surface area contributed by atoms with Gasteiger partial charge in [-0.25, -0.2) is 4.79 Å². The van der Waals surface area contributed by atoms with Crippen LogP contribution in [0, 0.1) is 5.92 Å². The van der Waals surface area contributed by atoms with E-state index < -0.39 is 0 Å². The largest absolute Gasteiger partial charge is 0.493 e. The number of carbonyl (C=O) groups excluding carboxylic acids is 2. The van der Waals surface area contributed by atoms with Crippen molar-refractivity contribution in [3.05, 3.63) is 24.3 Å². The summed E-state index contributed by atoms with van der Waals surface area (Å²) >= 11 is 0.